The first kappa shape index (κ1) is 24.1. The second kappa shape index (κ2) is 9.79. The van der Waals surface area contributed by atoms with Gasteiger partial charge in [-0.25, -0.2) is 4.98 Å². The van der Waals surface area contributed by atoms with Gasteiger partial charge in [0.1, 0.15) is 17.3 Å². The average Bonchev–Trinajstić information content (AvgIpc) is 3.56. The molecule has 2 aromatic carbocycles. The maximum atomic E-state index is 13.3. The quantitative estimate of drug-likeness (QED) is 0.302. The molecule has 0 saturated heterocycles. The molecular weight excluding hydrogens is 494 g/mol. The predicted octanol–water partition coefficient (Wildman–Crippen LogP) is 5.33. The summed E-state index contributed by atoms with van der Waals surface area (Å²) in [6, 6.07) is 22.5. The number of benzene rings is 2. The molecule has 5 rings (SSSR count). The average molecular weight is 516 g/mol. The summed E-state index contributed by atoms with van der Waals surface area (Å²) in [5, 5.41) is 7.95. The van der Waals surface area contributed by atoms with Gasteiger partial charge in [-0.2, -0.15) is 9.78 Å². The number of hydrogen-bond acceptors (Lipinski definition) is 6. The molecule has 0 atom stereocenters. The molecule has 0 bridgehead atoms. The number of carbonyl (C=O) groups excluding carboxylic acids is 1. The SMILES string of the molecule is CC(C)(Oc1ccc(Cl)cc1)C(=O)Nc1cc(-c2ccco2)nn1-c1nc(-c2ccccc2)cc(=O)[nH]1. The summed E-state index contributed by atoms with van der Waals surface area (Å²) in [7, 11) is 0. The summed E-state index contributed by atoms with van der Waals surface area (Å²) in [4.78, 5) is 33.2. The smallest absolute Gasteiger partial charge is 0.269 e. The van der Waals surface area contributed by atoms with Gasteiger partial charge in [-0.3, -0.25) is 14.6 Å². The molecule has 0 aliphatic heterocycles. The lowest BCUT2D eigenvalue weighted by molar-refractivity contribution is -0.128. The van der Waals surface area contributed by atoms with Crippen LogP contribution in [0, 0.1) is 0 Å². The van der Waals surface area contributed by atoms with Gasteiger partial charge < -0.3 is 14.5 Å². The van der Waals surface area contributed by atoms with Crippen LogP contribution in [-0.2, 0) is 4.79 Å². The van der Waals surface area contributed by atoms with E-state index >= 15 is 0 Å². The van der Waals surface area contributed by atoms with Gasteiger partial charge >= 0.3 is 0 Å². The standard InChI is InChI=1S/C27H22ClN5O4/c1-27(2,37-19-12-10-18(28)11-13-19)25(35)30-23-15-21(22-9-6-14-36-22)32-33(23)26-29-20(16-24(34)31-26)17-7-4-3-5-8-17/h3-16H,1-2H3,(H,30,35)(H,29,31,34). The summed E-state index contributed by atoms with van der Waals surface area (Å²) in [6.07, 6.45) is 1.52. The van der Waals surface area contributed by atoms with Crippen LogP contribution in [0.1, 0.15) is 13.8 Å². The predicted molar refractivity (Wildman–Crippen MR) is 140 cm³/mol. The van der Waals surface area contributed by atoms with Crippen LogP contribution in [0.3, 0.4) is 0 Å². The number of nitrogens with zero attached hydrogens (tertiary/aromatic N) is 3. The second-order valence-electron chi connectivity index (χ2n) is 8.64. The van der Waals surface area contributed by atoms with Crippen LogP contribution in [0.25, 0.3) is 28.7 Å². The Kier molecular flexibility index (Phi) is 6.37. The van der Waals surface area contributed by atoms with Crippen LogP contribution < -0.4 is 15.6 Å². The largest absolute Gasteiger partial charge is 0.478 e. The molecule has 0 radical (unpaired) electrons. The number of ether oxygens (including phenoxy) is 1. The normalized spacial score (nSPS) is 11.3. The topological polar surface area (TPSA) is 115 Å². The van der Waals surface area contributed by atoms with Crippen molar-refractivity contribution in [1.82, 2.24) is 19.7 Å². The van der Waals surface area contributed by atoms with Gasteiger partial charge in [0.2, 0.25) is 5.95 Å². The number of hydrogen-bond donors (Lipinski definition) is 2. The summed E-state index contributed by atoms with van der Waals surface area (Å²) in [5.74, 6) is 0.896. The van der Waals surface area contributed by atoms with E-state index in [2.05, 4.69) is 20.4 Å². The fraction of sp³-hybridized carbons (Fsp3) is 0.111. The monoisotopic (exact) mass is 515 g/mol. The first-order valence-corrected chi connectivity index (χ1v) is 11.7. The van der Waals surface area contributed by atoms with Crippen molar-refractivity contribution >= 4 is 23.3 Å². The number of rotatable bonds is 7. The molecule has 0 spiro atoms. The third-order valence-corrected chi connectivity index (χ3v) is 5.71. The molecule has 37 heavy (non-hydrogen) atoms. The van der Waals surface area contributed by atoms with Crippen molar-refractivity contribution in [3.8, 4) is 34.4 Å². The van der Waals surface area contributed by atoms with Gasteiger partial charge in [0.05, 0.1) is 12.0 Å². The van der Waals surface area contributed by atoms with E-state index in [4.69, 9.17) is 20.8 Å². The van der Waals surface area contributed by atoms with Crippen molar-refractivity contribution in [1.29, 1.82) is 0 Å². The van der Waals surface area contributed by atoms with Crippen LogP contribution in [0.2, 0.25) is 5.02 Å². The molecule has 3 aromatic heterocycles. The molecule has 186 valence electrons. The summed E-state index contributed by atoms with van der Waals surface area (Å²) in [6.45, 7) is 3.28. The zero-order chi connectivity index (χ0) is 26.0. The third kappa shape index (κ3) is 5.31. The van der Waals surface area contributed by atoms with Gasteiger partial charge in [-0.05, 0) is 50.2 Å². The Morgan fingerprint density at radius 3 is 2.49 bits per heavy atom. The molecule has 10 heteroatoms. The molecule has 0 fully saturated rings. The van der Waals surface area contributed by atoms with Gasteiger partial charge in [0.15, 0.2) is 11.4 Å². The van der Waals surface area contributed by atoms with Gasteiger partial charge in [-0.1, -0.05) is 41.9 Å². The summed E-state index contributed by atoms with van der Waals surface area (Å²) in [5.41, 5.74) is 0.0158. The zero-order valence-corrected chi connectivity index (χ0v) is 20.7. The fourth-order valence-corrected chi connectivity index (χ4v) is 3.71. The lowest BCUT2D eigenvalue weighted by Gasteiger charge is -2.25. The third-order valence-electron chi connectivity index (χ3n) is 5.46. The first-order valence-electron chi connectivity index (χ1n) is 11.4. The Hall–Kier alpha value is -4.63. The molecule has 0 unspecified atom stereocenters. The van der Waals surface area contributed by atoms with E-state index in [0.717, 1.165) is 5.56 Å². The minimum atomic E-state index is -1.26. The Morgan fingerprint density at radius 1 is 1.03 bits per heavy atom. The van der Waals surface area contributed by atoms with Crippen molar-refractivity contribution in [2.24, 2.45) is 0 Å². The van der Waals surface area contributed by atoms with Gasteiger partial charge in [-0.15, -0.1) is 0 Å². The van der Waals surface area contributed by atoms with Crippen LogP contribution in [-0.4, -0.2) is 31.3 Å². The van der Waals surface area contributed by atoms with E-state index in [1.807, 2.05) is 30.3 Å². The Labute approximate surface area is 216 Å². The minimum absolute atomic E-state index is 0.121. The van der Waals surface area contributed by atoms with E-state index in [1.165, 1.54) is 17.0 Å². The number of aromatic nitrogens is 4. The van der Waals surface area contributed by atoms with Crippen molar-refractivity contribution in [2.45, 2.75) is 19.4 Å². The second-order valence-corrected chi connectivity index (χ2v) is 9.08. The number of carbonyl (C=O) groups is 1. The molecule has 1 amide bonds. The maximum Gasteiger partial charge on any atom is 0.269 e. The van der Waals surface area contributed by atoms with E-state index in [0.29, 0.717) is 27.9 Å². The first-order chi connectivity index (χ1) is 17.8. The molecule has 0 aliphatic rings. The number of aromatic amines is 1. The molecular formula is C27H22ClN5O4. The van der Waals surface area contributed by atoms with Crippen molar-refractivity contribution in [3.63, 3.8) is 0 Å². The van der Waals surface area contributed by atoms with Crippen LogP contribution in [0.4, 0.5) is 5.82 Å². The van der Waals surface area contributed by atoms with E-state index in [9.17, 15) is 9.59 Å². The molecule has 0 aliphatic carbocycles. The highest BCUT2D eigenvalue weighted by molar-refractivity contribution is 6.30. The van der Waals surface area contributed by atoms with Crippen molar-refractivity contribution in [2.75, 3.05) is 5.32 Å². The molecule has 5 aromatic rings. The lowest BCUT2D eigenvalue weighted by Crippen LogP contribution is -2.43. The zero-order valence-electron chi connectivity index (χ0n) is 19.9. The van der Waals surface area contributed by atoms with E-state index < -0.39 is 11.5 Å². The van der Waals surface area contributed by atoms with Crippen molar-refractivity contribution in [3.05, 3.63) is 101 Å². The summed E-state index contributed by atoms with van der Waals surface area (Å²) >= 11 is 5.95. The van der Waals surface area contributed by atoms with Crippen LogP contribution in [0.5, 0.6) is 5.75 Å². The number of amides is 1. The highest BCUT2D eigenvalue weighted by Gasteiger charge is 2.31. The van der Waals surface area contributed by atoms with Crippen molar-refractivity contribution < 1.29 is 13.9 Å². The summed E-state index contributed by atoms with van der Waals surface area (Å²) < 4.78 is 12.8. The highest BCUT2D eigenvalue weighted by atomic mass is 35.5. The number of anilines is 1. The van der Waals surface area contributed by atoms with Gasteiger partial charge in [0.25, 0.3) is 11.5 Å². The Bertz CT molecular complexity index is 1590. The van der Waals surface area contributed by atoms with Crippen LogP contribution in [0.15, 0.2) is 94.3 Å². The van der Waals surface area contributed by atoms with Crippen LogP contribution >= 0.6 is 11.6 Å². The van der Waals surface area contributed by atoms with Gasteiger partial charge in [0, 0.05) is 22.7 Å². The van der Waals surface area contributed by atoms with E-state index in [1.54, 1.807) is 56.3 Å². The maximum absolute atomic E-state index is 13.3. The molecule has 2 N–H and O–H groups in total. The fourth-order valence-electron chi connectivity index (χ4n) is 3.59. The molecule has 9 nitrogen and oxygen atoms in total. The number of halogens is 1. The molecule has 0 saturated carbocycles. The van der Waals surface area contributed by atoms with E-state index in [-0.39, 0.29) is 17.3 Å². The minimum Gasteiger partial charge on any atom is -0.478 e. The Balaban J connectivity index is 1.52. The Morgan fingerprint density at radius 2 is 1.78 bits per heavy atom. The number of nitrogens with one attached hydrogen (secondary N) is 2. The molecule has 3 heterocycles. The number of H-pyrrole nitrogens is 1. The number of furan rings is 1. The lowest BCUT2D eigenvalue weighted by atomic mass is 10.1. The highest BCUT2D eigenvalue weighted by Crippen LogP contribution is 2.27.